The summed E-state index contributed by atoms with van der Waals surface area (Å²) < 4.78 is 7.08. The number of nitrogens with zero attached hydrogens (tertiary/aromatic N) is 2. The fourth-order valence-corrected chi connectivity index (χ4v) is 1.75. The highest BCUT2D eigenvalue weighted by atomic mass is 35.5. The average molecular weight is 252 g/mol. The molecule has 17 heavy (non-hydrogen) atoms. The predicted molar refractivity (Wildman–Crippen MR) is 68.5 cm³/mol. The number of nitrogens with one attached hydrogen (secondary N) is 1. The van der Waals surface area contributed by atoms with E-state index in [0.717, 1.165) is 17.1 Å². The molecule has 0 radical (unpaired) electrons. The van der Waals surface area contributed by atoms with Gasteiger partial charge in [0.25, 0.3) is 0 Å². The van der Waals surface area contributed by atoms with Gasteiger partial charge < -0.3 is 10.1 Å². The first-order chi connectivity index (χ1) is 8.20. The molecule has 0 atom stereocenters. The zero-order chi connectivity index (χ0) is 12.3. The van der Waals surface area contributed by atoms with Gasteiger partial charge in [0.15, 0.2) is 0 Å². The van der Waals surface area contributed by atoms with Crippen molar-refractivity contribution in [2.75, 3.05) is 12.4 Å². The molecule has 90 valence electrons. The first kappa shape index (κ1) is 11.8. The van der Waals surface area contributed by atoms with Crippen LogP contribution in [0.1, 0.15) is 5.69 Å². The molecule has 4 nitrogen and oxygen atoms in total. The van der Waals surface area contributed by atoms with E-state index in [1.54, 1.807) is 19.4 Å². The summed E-state index contributed by atoms with van der Waals surface area (Å²) in [6, 6.07) is 7.45. The zero-order valence-corrected chi connectivity index (χ0v) is 10.5. The highest BCUT2D eigenvalue weighted by Gasteiger charge is 2.04. The van der Waals surface area contributed by atoms with Crippen molar-refractivity contribution in [3.63, 3.8) is 0 Å². The lowest BCUT2D eigenvalue weighted by Gasteiger charge is -2.11. The molecule has 5 heteroatoms. The molecule has 0 unspecified atom stereocenters. The number of anilines is 1. The number of benzene rings is 1. The van der Waals surface area contributed by atoms with Gasteiger partial charge in [-0.2, -0.15) is 5.10 Å². The molecule has 0 aliphatic carbocycles. The van der Waals surface area contributed by atoms with Crippen LogP contribution in [-0.2, 0) is 13.6 Å². The minimum absolute atomic E-state index is 0.674. The number of aromatic nitrogens is 2. The van der Waals surface area contributed by atoms with Crippen molar-refractivity contribution in [2.24, 2.45) is 7.05 Å². The molecule has 0 saturated heterocycles. The Morgan fingerprint density at radius 1 is 1.41 bits per heavy atom. The van der Waals surface area contributed by atoms with Gasteiger partial charge >= 0.3 is 0 Å². The maximum absolute atomic E-state index is 5.95. The van der Waals surface area contributed by atoms with Crippen molar-refractivity contribution >= 4 is 17.3 Å². The largest absolute Gasteiger partial charge is 0.495 e. The first-order valence-electron chi connectivity index (χ1n) is 5.25. The average Bonchev–Trinajstić information content (AvgIpc) is 2.72. The summed E-state index contributed by atoms with van der Waals surface area (Å²) in [4.78, 5) is 0. The molecule has 0 saturated carbocycles. The topological polar surface area (TPSA) is 39.1 Å². The number of ether oxygens (including phenoxy) is 1. The highest BCUT2D eigenvalue weighted by Crippen LogP contribution is 2.27. The molecule has 2 aromatic rings. The summed E-state index contributed by atoms with van der Waals surface area (Å²) in [5, 5.41) is 8.07. The maximum Gasteiger partial charge on any atom is 0.142 e. The van der Waals surface area contributed by atoms with Gasteiger partial charge in [0.05, 0.1) is 25.0 Å². The fraction of sp³-hybridized carbons (Fsp3) is 0.250. The summed E-state index contributed by atoms with van der Waals surface area (Å²) >= 11 is 5.95. The van der Waals surface area contributed by atoms with Crippen molar-refractivity contribution in [1.82, 2.24) is 9.78 Å². The molecule has 0 amide bonds. The van der Waals surface area contributed by atoms with Crippen LogP contribution in [0, 0.1) is 0 Å². The van der Waals surface area contributed by atoms with Crippen LogP contribution in [-0.4, -0.2) is 16.9 Å². The molecular formula is C12H14ClN3O. The Balaban J connectivity index is 2.13. The lowest BCUT2D eigenvalue weighted by Crippen LogP contribution is -2.06. The molecule has 0 aliphatic rings. The SMILES string of the molecule is COc1ccc(Cl)cc1NCc1ccnn1C. The number of methoxy groups -OCH3 is 1. The van der Waals surface area contributed by atoms with Crippen molar-refractivity contribution in [3.8, 4) is 5.75 Å². The minimum atomic E-state index is 0.674. The monoisotopic (exact) mass is 251 g/mol. The second kappa shape index (κ2) is 5.10. The third-order valence-electron chi connectivity index (χ3n) is 2.54. The Bertz CT molecular complexity index is 510. The Hall–Kier alpha value is -1.68. The molecule has 0 aliphatic heterocycles. The van der Waals surface area contributed by atoms with Gasteiger partial charge in [-0.1, -0.05) is 11.6 Å². The standard InChI is InChI=1S/C12H14ClN3O/c1-16-10(5-6-15-16)8-14-11-7-9(13)3-4-12(11)17-2/h3-7,14H,8H2,1-2H3. The Morgan fingerprint density at radius 2 is 2.24 bits per heavy atom. The molecule has 1 heterocycles. The number of halogens is 1. The van der Waals surface area contributed by atoms with E-state index < -0.39 is 0 Å². The summed E-state index contributed by atoms with van der Waals surface area (Å²) in [5.41, 5.74) is 1.97. The second-order valence-corrected chi connectivity index (χ2v) is 4.08. The molecule has 0 bridgehead atoms. The van der Waals surface area contributed by atoms with E-state index in [4.69, 9.17) is 16.3 Å². The van der Waals surface area contributed by atoms with E-state index >= 15 is 0 Å². The van der Waals surface area contributed by atoms with Crippen molar-refractivity contribution in [2.45, 2.75) is 6.54 Å². The molecular weight excluding hydrogens is 238 g/mol. The smallest absolute Gasteiger partial charge is 0.142 e. The van der Waals surface area contributed by atoms with Gasteiger partial charge in [0.2, 0.25) is 0 Å². The molecule has 0 spiro atoms. The van der Waals surface area contributed by atoms with Crippen molar-refractivity contribution in [3.05, 3.63) is 41.2 Å². The van der Waals surface area contributed by atoms with E-state index in [1.807, 2.05) is 29.9 Å². The summed E-state index contributed by atoms with van der Waals surface area (Å²) in [6.45, 7) is 0.674. The second-order valence-electron chi connectivity index (χ2n) is 3.64. The molecule has 1 aromatic heterocycles. The highest BCUT2D eigenvalue weighted by molar-refractivity contribution is 6.30. The van der Waals surface area contributed by atoms with E-state index in [2.05, 4.69) is 10.4 Å². The molecule has 0 fully saturated rings. The molecule has 2 rings (SSSR count). The normalized spacial score (nSPS) is 10.3. The van der Waals surface area contributed by atoms with E-state index in [1.165, 1.54) is 0 Å². The molecule has 1 aromatic carbocycles. The summed E-state index contributed by atoms with van der Waals surface area (Å²) in [5.74, 6) is 0.775. The van der Waals surface area contributed by atoms with Gasteiger partial charge in [-0.25, -0.2) is 0 Å². The minimum Gasteiger partial charge on any atom is -0.495 e. The van der Waals surface area contributed by atoms with Crippen LogP contribution < -0.4 is 10.1 Å². The van der Waals surface area contributed by atoms with Crippen molar-refractivity contribution < 1.29 is 4.74 Å². The van der Waals surface area contributed by atoms with E-state index in [0.29, 0.717) is 11.6 Å². The van der Waals surface area contributed by atoms with Crippen LogP contribution in [0.3, 0.4) is 0 Å². The number of rotatable bonds is 4. The van der Waals surface area contributed by atoms with Crippen molar-refractivity contribution in [1.29, 1.82) is 0 Å². The van der Waals surface area contributed by atoms with Gasteiger partial charge in [0, 0.05) is 18.3 Å². The van der Waals surface area contributed by atoms with Gasteiger partial charge in [-0.3, -0.25) is 4.68 Å². The quantitative estimate of drug-likeness (QED) is 0.908. The lowest BCUT2D eigenvalue weighted by molar-refractivity contribution is 0.416. The Kier molecular flexibility index (Phi) is 3.54. The predicted octanol–water partition coefficient (Wildman–Crippen LogP) is 2.69. The summed E-state index contributed by atoms with van der Waals surface area (Å²) in [6.07, 6.45) is 1.77. The van der Waals surface area contributed by atoms with Crippen LogP contribution in [0.5, 0.6) is 5.75 Å². The van der Waals surface area contributed by atoms with Gasteiger partial charge in [0.1, 0.15) is 5.75 Å². The third kappa shape index (κ3) is 2.71. The zero-order valence-electron chi connectivity index (χ0n) is 9.77. The Labute approximate surface area is 105 Å². The van der Waals surface area contributed by atoms with E-state index in [-0.39, 0.29) is 0 Å². The number of hydrogen-bond acceptors (Lipinski definition) is 3. The number of hydrogen-bond donors (Lipinski definition) is 1. The Morgan fingerprint density at radius 3 is 2.88 bits per heavy atom. The summed E-state index contributed by atoms with van der Waals surface area (Å²) in [7, 11) is 3.55. The van der Waals surface area contributed by atoms with Crippen LogP contribution in [0.25, 0.3) is 0 Å². The molecule has 1 N–H and O–H groups in total. The fourth-order valence-electron chi connectivity index (χ4n) is 1.58. The van der Waals surface area contributed by atoms with Crippen LogP contribution in [0.4, 0.5) is 5.69 Å². The van der Waals surface area contributed by atoms with Gasteiger partial charge in [-0.15, -0.1) is 0 Å². The van der Waals surface area contributed by atoms with Crippen LogP contribution in [0.15, 0.2) is 30.5 Å². The first-order valence-corrected chi connectivity index (χ1v) is 5.63. The van der Waals surface area contributed by atoms with Crippen LogP contribution in [0.2, 0.25) is 5.02 Å². The number of aryl methyl sites for hydroxylation is 1. The third-order valence-corrected chi connectivity index (χ3v) is 2.78. The van der Waals surface area contributed by atoms with Crippen LogP contribution >= 0.6 is 11.6 Å². The lowest BCUT2D eigenvalue weighted by atomic mass is 10.3. The van der Waals surface area contributed by atoms with E-state index in [9.17, 15) is 0 Å². The van der Waals surface area contributed by atoms with Gasteiger partial charge in [-0.05, 0) is 24.3 Å². The maximum atomic E-state index is 5.95.